The molecule has 0 spiro atoms. The van der Waals surface area contributed by atoms with E-state index >= 15 is 0 Å². The maximum Gasteiger partial charge on any atom is 0.243 e. The largest absolute Gasteiger partial charge is 0.396 e. The molecule has 0 aromatic heterocycles. The zero-order valence-corrected chi connectivity index (χ0v) is 14.7. The molecule has 0 bridgehead atoms. The summed E-state index contributed by atoms with van der Waals surface area (Å²) in [6.45, 7) is 3.40. The van der Waals surface area contributed by atoms with Crippen LogP contribution in [-0.4, -0.2) is 26.2 Å². The Hall–Kier alpha value is -0.410. The van der Waals surface area contributed by atoms with E-state index in [1.165, 1.54) is 0 Å². The Bertz CT molecular complexity index is 625. The van der Waals surface area contributed by atoms with Crippen molar-refractivity contribution >= 4 is 43.2 Å². The Kier molecular flexibility index (Phi) is 6.42. The maximum absolute atomic E-state index is 14.1. The zero-order valence-electron chi connectivity index (χ0n) is 11.5. The fraction of sp³-hybridized carbons (Fsp3) is 0.500. The molecule has 5 nitrogen and oxygen atoms in total. The normalized spacial score (nSPS) is 13.7. The molecule has 9 heteroatoms. The van der Waals surface area contributed by atoms with Crippen molar-refractivity contribution in [3.8, 4) is 0 Å². The second-order valence-corrected chi connectivity index (χ2v) is 7.76. The summed E-state index contributed by atoms with van der Waals surface area (Å²) in [6.07, 6.45) is 0.220. The summed E-state index contributed by atoms with van der Waals surface area (Å²) in [5.74, 6) is -1.14. The van der Waals surface area contributed by atoms with Crippen LogP contribution in [0.4, 0.5) is 10.1 Å². The summed E-state index contributed by atoms with van der Waals surface area (Å²) < 4.78 is 41.2. The fourth-order valence-corrected chi connectivity index (χ4v) is 3.82. The summed E-state index contributed by atoms with van der Waals surface area (Å²) in [5, 5.41) is 8.97. The highest BCUT2D eigenvalue weighted by atomic mass is 79.9. The molecule has 0 aliphatic heterocycles. The summed E-state index contributed by atoms with van der Waals surface area (Å²) in [5.41, 5.74) is 5.12. The third-order valence-electron chi connectivity index (χ3n) is 3.00. The van der Waals surface area contributed by atoms with Gasteiger partial charge in [0.15, 0.2) is 5.82 Å². The van der Waals surface area contributed by atoms with E-state index in [4.69, 9.17) is 22.4 Å². The lowest BCUT2D eigenvalue weighted by molar-refractivity contribution is 0.256. The van der Waals surface area contributed by atoms with Crippen LogP contribution < -0.4 is 10.5 Å². The predicted molar refractivity (Wildman–Crippen MR) is 84.2 cm³/mol. The van der Waals surface area contributed by atoms with E-state index in [1.807, 2.05) is 0 Å². The van der Waals surface area contributed by atoms with Gasteiger partial charge >= 0.3 is 0 Å². The van der Waals surface area contributed by atoms with Gasteiger partial charge in [-0.3, -0.25) is 0 Å². The molecule has 1 unspecified atom stereocenters. The summed E-state index contributed by atoms with van der Waals surface area (Å²) in [6, 6.07) is 0.471. The number of aliphatic hydroxyl groups is 1. The fourth-order valence-electron chi connectivity index (χ4n) is 1.73. The number of halogens is 3. The summed E-state index contributed by atoms with van der Waals surface area (Å²) in [4.78, 5) is -0.614. The second kappa shape index (κ2) is 7.23. The number of nitrogen functional groups attached to an aromatic ring is 1. The van der Waals surface area contributed by atoms with E-state index in [1.54, 1.807) is 13.8 Å². The minimum atomic E-state index is -4.14. The maximum atomic E-state index is 14.1. The van der Waals surface area contributed by atoms with E-state index in [2.05, 4.69) is 20.7 Å². The highest BCUT2D eigenvalue weighted by Crippen LogP contribution is 2.34. The number of sulfonamides is 1. The molecule has 4 N–H and O–H groups in total. The Labute approximate surface area is 136 Å². The second-order valence-electron chi connectivity index (χ2n) is 4.88. The number of rotatable bonds is 6. The van der Waals surface area contributed by atoms with Crippen LogP contribution in [0.15, 0.2) is 15.4 Å². The van der Waals surface area contributed by atoms with Crippen LogP contribution in [0.2, 0.25) is 5.02 Å². The third-order valence-corrected chi connectivity index (χ3v) is 5.87. The van der Waals surface area contributed by atoms with Gasteiger partial charge < -0.3 is 10.8 Å². The molecule has 0 heterocycles. The van der Waals surface area contributed by atoms with Gasteiger partial charge in [-0.05, 0) is 34.3 Å². The Balaban J connectivity index is 3.26. The quantitative estimate of drug-likeness (QED) is 0.502. The SMILES string of the molecule is CC(C)C(CCO)NS(=O)(=O)c1cc(Cl)c(Br)c(N)c1F. The Morgan fingerprint density at radius 2 is 2.10 bits per heavy atom. The van der Waals surface area contributed by atoms with Gasteiger partial charge in [-0.2, -0.15) is 0 Å². The van der Waals surface area contributed by atoms with Gasteiger partial charge in [0.25, 0.3) is 0 Å². The van der Waals surface area contributed by atoms with Crippen molar-refractivity contribution in [3.05, 3.63) is 21.4 Å². The molecule has 1 aromatic rings. The van der Waals surface area contributed by atoms with E-state index in [0.717, 1.165) is 6.07 Å². The van der Waals surface area contributed by atoms with Gasteiger partial charge in [0.2, 0.25) is 10.0 Å². The molecule has 21 heavy (non-hydrogen) atoms. The highest BCUT2D eigenvalue weighted by molar-refractivity contribution is 9.10. The summed E-state index contributed by atoms with van der Waals surface area (Å²) in [7, 11) is -4.14. The molecule has 0 amide bonds. The molecule has 0 aliphatic rings. The van der Waals surface area contributed by atoms with Crippen molar-refractivity contribution in [1.29, 1.82) is 0 Å². The van der Waals surface area contributed by atoms with Crippen molar-refractivity contribution in [2.45, 2.75) is 31.2 Å². The van der Waals surface area contributed by atoms with E-state index < -0.39 is 26.8 Å². The molecular weight excluding hydrogens is 387 g/mol. The smallest absolute Gasteiger partial charge is 0.243 e. The van der Waals surface area contributed by atoms with E-state index in [9.17, 15) is 12.8 Å². The molecule has 0 saturated heterocycles. The highest BCUT2D eigenvalue weighted by Gasteiger charge is 2.27. The van der Waals surface area contributed by atoms with Gasteiger partial charge in [0.05, 0.1) is 15.2 Å². The minimum absolute atomic E-state index is 0.00229. The zero-order chi connectivity index (χ0) is 16.4. The standard InChI is InChI=1S/C12H17BrClFN2O3S/c1-6(2)8(3-4-18)17-21(19,20)9-5-7(14)10(13)12(16)11(9)15/h5-6,8,17-18H,3-4,16H2,1-2H3. The summed E-state index contributed by atoms with van der Waals surface area (Å²) >= 11 is 8.82. The van der Waals surface area contributed by atoms with Crippen LogP contribution in [0.3, 0.4) is 0 Å². The molecule has 120 valence electrons. The molecule has 1 atom stereocenters. The first-order valence-corrected chi connectivity index (χ1v) is 8.83. The lowest BCUT2D eigenvalue weighted by Gasteiger charge is -2.22. The lowest BCUT2D eigenvalue weighted by Crippen LogP contribution is -2.39. The third kappa shape index (κ3) is 4.29. The number of nitrogens with two attached hydrogens (primary N) is 1. The molecule has 0 radical (unpaired) electrons. The molecular formula is C12H17BrClFN2O3S. The lowest BCUT2D eigenvalue weighted by atomic mass is 10.0. The first-order chi connectivity index (χ1) is 9.61. The molecule has 1 rings (SSSR count). The van der Waals surface area contributed by atoms with Crippen molar-refractivity contribution < 1.29 is 17.9 Å². The Morgan fingerprint density at radius 3 is 2.57 bits per heavy atom. The first-order valence-electron chi connectivity index (χ1n) is 6.18. The first kappa shape index (κ1) is 18.6. The van der Waals surface area contributed by atoms with Crippen LogP contribution in [-0.2, 0) is 10.0 Å². The minimum Gasteiger partial charge on any atom is -0.396 e. The van der Waals surface area contributed by atoms with Crippen LogP contribution in [0.25, 0.3) is 0 Å². The number of hydrogen-bond donors (Lipinski definition) is 3. The van der Waals surface area contributed by atoms with Gasteiger partial charge in [0.1, 0.15) is 4.90 Å². The molecule has 0 saturated carbocycles. The van der Waals surface area contributed by atoms with Crippen LogP contribution in [0, 0.1) is 11.7 Å². The van der Waals surface area contributed by atoms with Gasteiger partial charge in [0, 0.05) is 12.6 Å². The van der Waals surface area contributed by atoms with Gasteiger partial charge in [-0.25, -0.2) is 17.5 Å². The monoisotopic (exact) mass is 402 g/mol. The van der Waals surface area contributed by atoms with Crippen molar-refractivity contribution in [1.82, 2.24) is 4.72 Å². The molecule has 0 fully saturated rings. The molecule has 0 aliphatic carbocycles. The topological polar surface area (TPSA) is 92.4 Å². The van der Waals surface area contributed by atoms with Crippen molar-refractivity contribution in [3.63, 3.8) is 0 Å². The Morgan fingerprint density at radius 1 is 1.52 bits per heavy atom. The number of anilines is 1. The van der Waals surface area contributed by atoms with Crippen LogP contribution >= 0.6 is 27.5 Å². The average molecular weight is 404 g/mol. The van der Waals surface area contributed by atoms with Gasteiger partial charge in [-0.15, -0.1) is 0 Å². The van der Waals surface area contributed by atoms with Gasteiger partial charge in [-0.1, -0.05) is 25.4 Å². The number of nitrogens with one attached hydrogen (secondary N) is 1. The number of aliphatic hydroxyl groups excluding tert-OH is 1. The number of hydrogen-bond acceptors (Lipinski definition) is 4. The predicted octanol–water partition coefficient (Wildman–Crippen LogP) is 2.51. The number of benzene rings is 1. The van der Waals surface area contributed by atoms with E-state index in [-0.39, 0.29) is 34.1 Å². The molecule has 1 aromatic carbocycles. The van der Waals surface area contributed by atoms with E-state index in [0.29, 0.717) is 0 Å². The average Bonchev–Trinajstić information content (AvgIpc) is 2.39. The van der Waals surface area contributed by atoms with Crippen LogP contribution in [0.5, 0.6) is 0 Å². The van der Waals surface area contributed by atoms with Crippen molar-refractivity contribution in [2.75, 3.05) is 12.3 Å². The van der Waals surface area contributed by atoms with Crippen molar-refractivity contribution in [2.24, 2.45) is 5.92 Å². The van der Waals surface area contributed by atoms with Crippen LogP contribution in [0.1, 0.15) is 20.3 Å².